The Morgan fingerprint density at radius 1 is 1.46 bits per heavy atom. The molecule has 0 saturated carbocycles. The van der Waals surface area contributed by atoms with Gasteiger partial charge in [0.1, 0.15) is 5.76 Å². The fourth-order valence-corrected chi connectivity index (χ4v) is 2.18. The minimum atomic E-state index is 0.795. The van der Waals surface area contributed by atoms with Crippen molar-refractivity contribution in [2.24, 2.45) is 5.92 Å². The normalized spacial score (nSPS) is 19.2. The van der Waals surface area contributed by atoms with E-state index in [0.29, 0.717) is 0 Å². The van der Waals surface area contributed by atoms with Crippen molar-refractivity contribution in [3.8, 4) is 0 Å². The molecule has 0 aromatic carbocycles. The van der Waals surface area contributed by atoms with Crippen LogP contribution in [0.15, 0.2) is 21.2 Å². The molecule has 1 saturated heterocycles. The number of halogens is 1. The molecule has 2 heterocycles. The van der Waals surface area contributed by atoms with Crippen LogP contribution in [-0.2, 0) is 6.42 Å². The van der Waals surface area contributed by atoms with Crippen molar-refractivity contribution in [1.29, 1.82) is 0 Å². The van der Waals surface area contributed by atoms with Gasteiger partial charge in [-0.2, -0.15) is 0 Å². The number of hydrogen-bond acceptors (Lipinski definition) is 2. The van der Waals surface area contributed by atoms with Gasteiger partial charge in [0, 0.05) is 6.42 Å². The van der Waals surface area contributed by atoms with Crippen LogP contribution in [0.2, 0.25) is 0 Å². The lowest BCUT2D eigenvalue weighted by molar-refractivity contribution is 0.346. The van der Waals surface area contributed by atoms with Gasteiger partial charge in [-0.3, -0.25) is 0 Å². The minimum Gasteiger partial charge on any atom is -0.468 e. The predicted octanol–water partition coefficient (Wildman–Crippen LogP) is 2.58. The first-order valence-electron chi connectivity index (χ1n) is 4.79. The number of piperidine rings is 1. The molecule has 0 amide bonds. The van der Waals surface area contributed by atoms with Crippen LogP contribution in [0.25, 0.3) is 0 Å². The minimum absolute atomic E-state index is 0.795. The fourth-order valence-electron chi connectivity index (χ4n) is 1.82. The average Bonchev–Trinajstić information content (AvgIpc) is 2.54. The Morgan fingerprint density at radius 3 is 2.85 bits per heavy atom. The Balaban J connectivity index is 1.93. The van der Waals surface area contributed by atoms with E-state index in [1.165, 1.54) is 12.8 Å². The third-order valence-electron chi connectivity index (χ3n) is 2.62. The van der Waals surface area contributed by atoms with Gasteiger partial charge in [0.05, 0.1) is 10.7 Å². The fraction of sp³-hybridized carbons (Fsp3) is 0.600. The summed E-state index contributed by atoms with van der Waals surface area (Å²) in [6.45, 7) is 2.31. The van der Waals surface area contributed by atoms with Crippen molar-refractivity contribution in [3.63, 3.8) is 0 Å². The molecule has 1 aromatic heterocycles. The third-order valence-corrected chi connectivity index (χ3v) is 3.33. The second kappa shape index (κ2) is 4.29. The largest absolute Gasteiger partial charge is 0.468 e. The van der Waals surface area contributed by atoms with Crippen LogP contribution in [0.3, 0.4) is 0 Å². The molecule has 1 aromatic rings. The lowest BCUT2D eigenvalue weighted by Gasteiger charge is -2.21. The van der Waals surface area contributed by atoms with Gasteiger partial charge < -0.3 is 9.73 Å². The molecule has 0 unspecified atom stereocenters. The summed E-state index contributed by atoms with van der Waals surface area (Å²) in [6.07, 6.45) is 5.37. The summed E-state index contributed by atoms with van der Waals surface area (Å²) in [7, 11) is 0. The molecular formula is C10H14BrNO. The third kappa shape index (κ3) is 2.35. The van der Waals surface area contributed by atoms with Gasteiger partial charge in [-0.1, -0.05) is 0 Å². The Hall–Kier alpha value is -0.280. The molecule has 3 heteroatoms. The first-order chi connectivity index (χ1) is 6.36. The monoisotopic (exact) mass is 243 g/mol. The van der Waals surface area contributed by atoms with E-state index < -0.39 is 0 Å². The van der Waals surface area contributed by atoms with Gasteiger partial charge in [0.15, 0.2) is 0 Å². The zero-order valence-electron chi connectivity index (χ0n) is 7.55. The Kier molecular flexibility index (Phi) is 3.06. The predicted molar refractivity (Wildman–Crippen MR) is 55.7 cm³/mol. The zero-order chi connectivity index (χ0) is 9.10. The molecule has 2 nitrogen and oxygen atoms in total. The van der Waals surface area contributed by atoms with Crippen molar-refractivity contribution in [2.75, 3.05) is 13.1 Å². The zero-order valence-corrected chi connectivity index (χ0v) is 9.14. The van der Waals surface area contributed by atoms with E-state index in [9.17, 15) is 0 Å². The van der Waals surface area contributed by atoms with Gasteiger partial charge in [0.25, 0.3) is 0 Å². The second-order valence-electron chi connectivity index (χ2n) is 3.59. The highest BCUT2D eigenvalue weighted by Crippen LogP contribution is 2.24. The van der Waals surface area contributed by atoms with E-state index >= 15 is 0 Å². The summed E-state index contributed by atoms with van der Waals surface area (Å²) < 4.78 is 6.52. The van der Waals surface area contributed by atoms with E-state index in [2.05, 4.69) is 21.2 Å². The summed E-state index contributed by atoms with van der Waals surface area (Å²) in [5.74, 6) is 1.90. The van der Waals surface area contributed by atoms with E-state index in [1.54, 1.807) is 6.26 Å². The van der Waals surface area contributed by atoms with Gasteiger partial charge in [0.2, 0.25) is 0 Å². The average molecular weight is 244 g/mol. The van der Waals surface area contributed by atoms with Gasteiger partial charge in [-0.15, -0.1) is 0 Å². The van der Waals surface area contributed by atoms with Crippen LogP contribution in [0, 0.1) is 5.92 Å². The van der Waals surface area contributed by atoms with Crippen LogP contribution in [-0.4, -0.2) is 13.1 Å². The van der Waals surface area contributed by atoms with Crippen molar-refractivity contribution in [1.82, 2.24) is 5.32 Å². The Labute approximate surface area is 86.8 Å². The Morgan fingerprint density at radius 2 is 2.23 bits per heavy atom. The van der Waals surface area contributed by atoms with Crippen molar-refractivity contribution in [2.45, 2.75) is 19.3 Å². The highest BCUT2D eigenvalue weighted by molar-refractivity contribution is 9.10. The first-order valence-corrected chi connectivity index (χ1v) is 5.58. The lowest BCUT2D eigenvalue weighted by atomic mass is 9.94. The summed E-state index contributed by atoms with van der Waals surface area (Å²) in [6, 6.07) is 1.97. The smallest absolute Gasteiger partial charge is 0.118 e. The van der Waals surface area contributed by atoms with Gasteiger partial charge >= 0.3 is 0 Å². The van der Waals surface area contributed by atoms with Gasteiger partial charge in [-0.25, -0.2) is 0 Å². The van der Waals surface area contributed by atoms with Crippen LogP contribution >= 0.6 is 15.9 Å². The SMILES string of the molecule is Brc1ccoc1CC1CCNCC1. The molecule has 0 bridgehead atoms. The molecule has 1 fully saturated rings. The number of furan rings is 1. The van der Waals surface area contributed by atoms with Crippen LogP contribution in [0.1, 0.15) is 18.6 Å². The summed E-state index contributed by atoms with van der Waals surface area (Å²) in [5.41, 5.74) is 0. The first kappa shape index (κ1) is 9.28. The molecule has 0 aliphatic carbocycles. The molecule has 0 atom stereocenters. The second-order valence-corrected chi connectivity index (χ2v) is 4.44. The highest BCUT2D eigenvalue weighted by Gasteiger charge is 2.16. The molecule has 1 aliphatic rings. The van der Waals surface area contributed by atoms with E-state index in [4.69, 9.17) is 4.42 Å². The molecule has 2 rings (SSSR count). The van der Waals surface area contributed by atoms with Crippen molar-refractivity contribution < 1.29 is 4.42 Å². The summed E-state index contributed by atoms with van der Waals surface area (Å²) in [4.78, 5) is 0. The van der Waals surface area contributed by atoms with Crippen molar-refractivity contribution >= 4 is 15.9 Å². The number of nitrogens with one attached hydrogen (secondary N) is 1. The molecule has 72 valence electrons. The maximum Gasteiger partial charge on any atom is 0.118 e. The topological polar surface area (TPSA) is 25.2 Å². The molecule has 0 radical (unpaired) electrons. The quantitative estimate of drug-likeness (QED) is 0.864. The molecule has 1 N–H and O–H groups in total. The molecule has 1 aliphatic heterocycles. The number of rotatable bonds is 2. The van der Waals surface area contributed by atoms with Crippen LogP contribution < -0.4 is 5.32 Å². The maximum absolute atomic E-state index is 5.40. The van der Waals surface area contributed by atoms with Crippen LogP contribution in [0.5, 0.6) is 0 Å². The summed E-state index contributed by atoms with van der Waals surface area (Å²) in [5, 5.41) is 3.37. The Bertz CT molecular complexity index is 266. The van der Waals surface area contributed by atoms with E-state index in [1.807, 2.05) is 6.07 Å². The van der Waals surface area contributed by atoms with E-state index in [-0.39, 0.29) is 0 Å². The standard InChI is InChI=1S/C10H14BrNO/c11-9-3-6-13-10(9)7-8-1-4-12-5-2-8/h3,6,8,12H,1-2,4-5,7H2. The van der Waals surface area contributed by atoms with Crippen LogP contribution in [0.4, 0.5) is 0 Å². The van der Waals surface area contributed by atoms with Crippen molar-refractivity contribution in [3.05, 3.63) is 22.6 Å². The number of hydrogen-bond donors (Lipinski definition) is 1. The van der Waals surface area contributed by atoms with Gasteiger partial charge in [-0.05, 0) is 53.8 Å². The highest BCUT2D eigenvalue weighted by atomic mass is 79.9. The molecule has 13 heavy (non-hydrogen) atoms. The van der Waals surface area contributed by atoms with E-state index in [0.717, 1.165) is 35.7 Å². The molecule has 0 spiro atoms. The molecular weight excluding hydrogens is 230 g/mol. The maximum atomic E-state index is 5.40. The lowest BCUT2D eigenvalue weighted by Crippen LogP contribution is -2.28. The summed E-state index contributed by atoms with van der Waals surface area (Å²) >= 11 is 3.48.